The van der Waals surface area contributed by atoms with Gasteiger partial charge in [0.25, 0.3) is 17.4 Å². The van der Waals surface area contributed by atoms with Crippen molar-refractivity contribution in [3.05, 3.63) is 99.4 Å². The monoisotopic (exact) mass is 858 g/mol. The molecule has 62 heavy (non-hydrogen) atoms. The van der Waals surface area contributed by atoms with Crippen LogP contribution in [0.2, 0.25) is 5.02 Å². The van der Waals surface area contributed by atoms with Crippen LogP contribution in [0.5, 0.6) is 0 Å². The maximum absolute atomic E-state index is 13.4. The molecule has 0 bridgehead atoms. The molecule has 1 unspecified atom stereocenters. The van der Waals surface area contributed by atoms with Crippen LogP contribution in [0, 0.1) is 5.92 Å². The number of piperazine rings is 1. The van der Waals surface area contributed by atoms with Gasteiger partial charge < -0.3 is 25.0 Å². The summed E-state index contributed by atoms with van der Waals surface area (Å²) in [5.74, 6) is 0.198. The van der Waals surface area contributed by atoms with Gasteiger partial charge in [0.05, 0.1) is 28.4 Å². The fourth-order valence-electron chi connectivity index (χ4n) is 8.92. The van der Waals surface area contributed by atoms with Crippen LogP contribution < -0.4 is 31.3 Å². The number of aryl methyl sites for hydroxylation is 1. The molecule has 1 atom stereocenters. The molecule has 17 nitrogen and oxygen atoms in total. The summed E-state index contributed by atoms with van der Waals surface area (Å²) >= 11 is 6.66. The van der Waals surface area contributed by atoms with E-state index in [1.807, 2.05) is 38.1 Å². The molecule has 5 aromatic rings. The number of rotatable bonds is 10. The number of anilines is 5. The number of imide groups is 2. The molecule has 4 aliphatic heterocycles. The molecule has 0 spiro atoms. The topological polar surface area (TPSA) is 191 Å². The SMILES string of the molecule is Cn1c(=O)cc(NC(C)(C)c2ncccn2)c2cc(Nc3nc(N4CCC(CN5CCN(c6ccc7c(c6)C(=O)N(C6CCC(=O)NC6=O)C7=O)CC5)CC4)ncc3Cl)ccc21. The van der Waals surface area contributed by atoms with Crippen LogP contribution in [-0.2, 0) is 22.2 Å². The van der Waals surface area contributed by atoms with Crippen LogP contribution in [0.15, 0.2) is 71.9 Å². The molecule has 0 saturated carbocycles. The molecule has 18 heteroatoms. The first-order chi connectivity index (χ1) is 29.8. The second kappa shape index (κ2) is 16.4. The summed E-state index contributed by atoms with van der Waals surface area (Å²) in [6.45, 7) is 9.82. The van der Waals surface area contributed by atoms with Gasteiger partial charge in [0.2, 0.25) is 17.8 Å². The standard InChI is InChI=1S/C44H47ClN12O5/c1-44(2,42-46-13-4-14-47-42)52-33-23-37(59)53(3)34-8-5-27(21-31(33)34)49-38-32(45)24-48-43(51-38)56-15-11-26(12-16-56)25-54-17-19-55(20-18-54)28-6-7-29-30(22-28)41(62)57(40(29)61)35-9-10-36(58)50-39(35)60/h4-8,13-14,21-24,26,35,52H,9-12,15-20,25H2,1-3H3,(H,48,49,51)(H,50,58,60). The van der Waals surface area contributed by atoms with Crippen molar-refractivity contribution in [3.63, 3.8) is 0 Å². The molecule has 9 rings (SSSR count). The summed E-state index contributed by atoms with van der Waals surface area (Å²) in [7, 11) is 1.75. The Balaban J connectivity index is 0.801. The van der Waals surface area contributed by atoms with E-state index in [0.717, 1.165) is 85.8 Å². The second-order valence-electron chi connectivity index (χ2n) is 16.9. The first-order valence-electron chi connectivity index (χ1n) is 20.9. The van der Waals surface area contributed by atoms with Crippen molar-refractivity contribution >= 4 is 75.0 Å². The van der Waals surface area contributed by atoms with Gasteiger partial charge in [-0.3, -0.25) is 39.1 Å². The molecule has 3 aromatic heterocycles. The van der Waals surface area contributed by atoms with E-state index < -0.39 is 35.2 Å². The Morgan fingerprint density at radius 1 is 0.839 bits per heavy atom. The number of fused-ring (bicyclic) bond motifs is 2. The predicted molar refractivity (Wildman–Crippen MR) is 235 cm³/mol. The molecule has 3 saturated heterocycles. The van der Waals surface area contributed by atoms with Crippen LogP contribution in [0.25, 0.3) is 10.9 Å². The Labute approximate surface area is 362 Å². The Kier molecular flexibility index (Phi) is 10.8. The zero-order valence-corrected chi connectivity index (χ0v) is 35.5. The third kappa shape index (κ3) is 7.93. The highest BCUT2D eigenvalue weighted by Gasteiger charge is 2.45. The number of benzene rings is 2. The Hall–Kier alpha value is -6.46. The number of nitrogens with one attached hydrogen (secondary N) is 3. The van der Waals surface area contributed by atoms with Crippen molar-refractivity contribution in [2.75, 3.05) is 66.2 Å². The molecule has 4 aliphatic rings. The van der Waals surface area contributed by atoms with Crippen LogP contribution in [0.1, 0.15) is 66.1 Å². The largest absolute Gasteiger partial charge is 0.372 e. The fourth-order valence-corrected chi connectivity index (χ4v) is 9.05. The van der Waals surface area contributed by atoms with E-state index in [9.17, 15) is 24.0 Å². The molecule has 2 aromatic carbocycles. The number of carbonyl (C=O) groups excluding carboxylic acids is 4. The number of halogens is 1. The summed E-state index contributed by atoms with van der Waals surface area (Å²) < 4.78 is 1.61. The average molecular weight is 859 g/mol. The van der Waals surface area contributed by atoms with Gasteiger partial charge in [-0.1, -0.05) is 11.6 Å². The second-order valence-corrected chi connectivity index (χ2v) is 17.3. The van der Waals surface area contributed by atoms with E-state index in [4.69, 9.17) is 16.6 Å². The number of nitrogens with zero attached hydrogens (tertiary/aromatic N) is 9. The molecule has 0 radical (unpaired) electrons. The number of hydrogen-bond acceptors (Lipinski definition) is 14. The van der Waals surface area contributed by atoms with Crippen LogP contribution >= 0.6 is 11.6 Å². The molecular weight excluding hydrogens is 812 g/mol. The van der Waals surface area contributed by atoms with Gasteiger partial charge in [-0.05, 0) is 81.5 Å². The van der Waals surface area contributed by atoms with Crippen LogP contribution in [0.3, 0.4) is 0 Å². The number of amides is 4. The fraction of sp³-hybridized carbons (Fsp3) is 0.386. The maximum Gasteiger partial charge on any atom is 0.262 e. The number of piperidine rings is 2. The van der Waals surface area contributed by atoms with E-state index in [0.29, 0.717) is 39.8 Å². The van der Waals surface area contributed by atoms with Crippen molar-refractivity contribution in [2.45, 2.75) is 51.1 Å². The van der Waals surface area contributed by atoms with E-state index in [-0.39, 0.29) is 24.0 Å². The minimum absolute atomic E-state index is 0.0838. The minimum Gasteiger partial charge on any atom is -0.372 e. The van der Waals surface area contributed by atoms with Gasteiger partial charge in [0.1, 0.15) is 11.1 Å². The maximum atomic E-state index is 13.4. The van der Waals surface area contributed by atoms with Crippen molar-refractivity contribution < 1.29 is 19.2 Å². The molecule has 3 N–H and O–H groups in total. The Bertz CT molecular complexity index is 2660. The van der Waals surface area contributed by atoms with Crippen molar-refractivity contribution in [1.29, 1.82) is 0 Å². The van der Waals surface area contributed by atoms with E-state index in [1.54, 1.807) is 54.5 Å². The number of carbonyl (C=O) groups is 4. The first-order valence-corrected chi connectivity index (χ1v) is 21.3. The van der Waals surface area contributed by atoms with Crippen molar-refractivity contribution in [2.24, 2.45) is 13.0 Å². The molecule has 7 heterocycles. The predicted octanol–water partition coefficient (Wildman–Crippen LogP) is 4.30. The van der Waals surface area contributed by atoms with E-state index >= 15 is 0 Å². The normalized spacial score (nSPS) is 19.0. The highest BCUT2D eigenvalue weighted by atomic mass is 35.5. The van der Waals surface area contributed by atoms with Crippen LogP contribution in [-0.4, -0.2) is 110 Å². The summed E-state index contributed by atoms with van der Waals surface area (Å²) in [6.07, 6.45) is 7.21. The van der Waals surface area contributed by atoms with Gasteiger partial charge >= 0.3 is 0 Å². The zero-order valence-electron chi connectivity index (χ0n) is 34.7. The summed E-state index contributed by atoms with van der Waals surface area (Å²) in [4.78, 5) is 89.9. The first kappa shape index (κ1) is 40.9. The van der Waals surface area contributed by atoms with Crippen LogP contribution in [0.4, 0.5) is 28.8 Å². The highest BCUT2D eigenvalue weighted by Crippen LogP contribution is 2.34. The molecular formula is C44H47ClN12O5. The summed E-state index contributed by atoms with van der Waals surface area (Å²) in [5, 5.41) is 10.3. The number of hydrogen-bond donors (Lipinski definition) is 3. The Morgan fingerprint density at radius 2 is 1.58 bits per heavy atom. The summed E-state index contributed by atoms with van der Waals surface area (Å²) in [5.41, 5.74) is 2.79. The lowest BCUT2D eigenvalue weighted by atomic mass is 9.96. The lowest BCUT2D eigenvalue weighted by Crippen LogP contribution is -2.54. The smallest absolute Gasteiger partial charge is 0.262 e. The van der Waals surface area contributed by atoms with Gasteiger partial charge in [-0.25, -0.2) is 15.0 Å². The van der Waals surface area contributed by atoms with E-state index in [2.05, 4.69) is 45.6 Å². The van der Waals surface area contributed by atoms with Gasteiger partial charge in [0.15, 0.2) is 11.6 Å². The minimum atomic E-state index is -0.984. The van der Waals surface area contributed by atoms with Crippen molar-refractivity contribution in [3.8, 4) is 0 Å². The van der Waals surface area contributed by atoms with Gasteiger partial charge in [0, 0.05) is 100 Å². The molecule has 3 fully saturated rings. The number of aromatic nitrogens is 5. The lowest BCUT2D eigenvalue weighted by molar-refractivity contribution is -0.136. The third-order valence-electron chi connectivity index (χ3n) is 12.4. The number of pyridine rings is 1. The van der Waals surface area contributed by atoms with Gasteiger partial charge in [-0.15, -0.1) is 0 Å². The van der Waals surface area contributed by atoms with Crippen molar-refractivity contribution in [1.82, 2.24) is 39.6 Å². The average Bonchev–Trinajstić information content (AvgIpc) is 3.52. The quantitative estimate of drug-likeness (QED) is 0.169. The Morgan fingerprint density at radius 3 is 2.32 bits per heavy atom. The molecule has 320 valence electrons. The summed E-state index contributed by atoms with van der Waals surface area (Å²) in [6, 6.07) is 13.4. The van der Waals surface area contributed by atoms with Gasteiger partial charge in [-0.2, -0.15) is 4.98 Å². The molecule has 4 amide bonds. The third-order valence-corrected chi connectivity index (χ3v) is 12.7. The highest BCUT2D eigenvalue weighted by molar-refractivity contribution is 6.33. The lowest BCUT2D eigenvalue weighted by Gasteiger charge is -2.39. The van der Waals surface area contributed by atoms with E-state index in [1.165, 1.54) is 0 Å². The zero-order chi connectivity index (χ0) is 43.3. The molecule has 0 aliphatic carbocycles.